The molecule has 1 aliphatic heterocycles. The SMILES string of the molecule is CC(=O)NS(=O)(=O)c1ccc(N=Cc2ccc3c(c2)OCO3)cc1. The minimum absolute atomic E-state index is 0.000250. The summed E-state index contributed by atoms with van der Waals surface area (Å²) < 4.78 is 36.1. The fourth-order valence-electron chi connectivity index (χ4n) is 2.10. The molecule has 7 nitrogen and oxygen atoms in total. The smallest absolute Gasteiger partial charge is 0.264 e. The van der Waals surface area contributed by atoms with E-state index in [2.05, 4.69) is 4.99 Å². The number of sulfonamides is 1. The Morgan fingerprint density at radius 2 is 1.83 bits per heavy atom. The van der Waals surface area contributed by atoms with Crippen LogP contribution in [0.3, 0.4) is 0 Å². The molecule has 0 fully saturated rings. The number of carbonyl (C=O) groups is 1. The monoisotopic (exact) mass is 346 g/mol. The molecular formula is C16H14N2O5S. The van der Waals surface area contributed by atoms with Crippen molar-refractivity contribution < 1.29 is 22.7 Å². The number of benzene rings is 2. The number of hydrogen-bond donors (Lipinski definition) is 1. The average molecular weight is 346 g/mol. The van der Waals surface area contributed by atoms with Gasteiger partial charge in [0, 0.05) is 13.1 Å². The van der Waals surface area contributed by atoms with Gasteiger partial charge in [0.15, 0.2) is 11.5 Å². The van der Waals surface area contributed by atoms with Gasteiger partial charge in [0.05, 0.1) is 10.6 Å². The lowest BCUT2D eigenvalue weighted by molar-refractivity contribution is -0.117. The summed E-state index contributed by atoms with van der Waals surface area (Å²) in [5.74, 6) is 0.718. The molecule has 24 heavy (non-hydrogen) atoms. The highest BCUT2D eigenvalue weighted by atomic mass is 32.2. The quantitative estimate of drug-likeness (QED) is 0.855. The summed E-state index contributed by atoms with van der Waals surface area (Å²) in [5, 5.41) is 0. The molecule has 0 radical (unpaired) electrons. The lowest BCUT2D eigenvalue weighted by Crippen LogP contribution is -2.28. The van der Waals surface area contributed by atoms with Gasteiger partial charge in [-0.1, -0.05) is 0 Å². The second kappa shape index (κ2) is 6.32. The molecule has 1 heterocycles. The molecule has 2 aromatic rings. The first kappa shape index (κ1) is 16.0. The summed E-state index contributed by atoms with van der Waals surface area (Å²) in [4.78, 5) is 15.2. The van der Waals surface area contributed by atoms with Crippen molar-refractivity contribution in [3.8, 4) is 11.5 Å². The maximum absolute atomic E-state index is 11.8. The van der Waals surface area contributed by atoms with E-state index in [-0.39, 0.29) is 11.7 Å². The number of amides is 1. The number of aliphatic imine (C=N–C) groups is 1. The van der Waals surface area contributed by atoms with Crippen molar-refractivity contribution in [1.29, 1.82) is 0 Å². The standard InChI is InChI=1S/C16H14N2O5S/c1-11(19)18-24(20,21)14-5-3-13(4-6-14)17-9-12-2-7-15-16(8-12)23-10-22-15/h2-9H,10H2,1H3,(H,18,19). The molecule has 0 saturated heterocycles. The van der Waals surface area contributed by atoms with Crippen LogP contribution in [0.4, 0.5) is 5.69 Å². The van der Waals surface area contributed by atoms with E-state index in [0.29, 0.717) is 17.2 Å². The van der Waals surface area contributed by atoms with Crippen molar-refractivity contribution in [2.45, 2.75) is 11.8 Å². The Labute approximate surface area is 139 Å². The van der Waals surface area contributed by atoms with E-state index in [1.165, 1.54) is 12.1 Å². The van der Waals surface area contributed by atoms with Crippen molar-refractivity contribution in [2.24, 2.45) is 4.99 Å². The maximum atomic E-state index is 11.8. The van der Waals surface area contributed by atoms with Gasteiger partial charge in [0.2, 0.25) is 12.7 Å². The van der Waals surface area contributed by atoms with Crippen LogP contribution in [-0.4, -0.2) is 27.3 Å². The lowest BCUT2D eigenvalue weighted by atomic mass is 10.2. The van der Waals surface area contributed by atoms with Gasteiger partial charge in [-0.3, -0.25) is 9.79 Å². The van der Waals surface area contributed by atoms with Crippen LogP contribution in [0, 0.1) is 0 Å². The third kappa shape index (κ3) is 3.54. The number of nitrogens with one attached hydrogen (secondary N) is 1. The second-order valence-corrected chi connectivity index (χ2v) is 6.71. The molecule has 0 aliphatic carbocycles. The first-order valence-corrected chi connectivity index (χ1v) is 8.49. The molecule has 0 aromatic heterocycles. The van der Waals surface area contributed by atoms with Gasteiger partial charge in [-0.05, 0) is 48.0 Å². The number of ether oxygens (including phenoxy) is 2. The number of fused-ring (bicyclic) bond motifs is 1. The molecule has 1 N–H and O–H groups in total. The molecule has 3 rings (SSSR count). The Kier molecular flexibility index (Phi) is 4.22. The van der Waals surface area contributed by atoms with Crippen LogP contribution in [0.25, 0.3) is 0 Å². The molecule has 1 aliphatic rings. The van der Waals surface area contributed by atoms with Crippen molar-refractivity contribution in [1.82, 2.24) is 4.72 Å². The molecule has 0 atom stereocenters. The summed E-state index contributed by atoms with van der Waals surface area (Å²) in [5.41, 5.74) is 1.41. The largest absolute Gasteiger partial charge is 0.454 e. The van der Waals surface area contributed by atoms with Crippen LogP contribution in [0.5, 0.6) is 11.5 Å². The normalized spacial score (nSPS) is 13.2. The molecule has 2 aromatic carbocycles. The van der Waals surface area contributed by atoms with Crippen LogP contribution >= 0.6 is 0 Å². The van der Waals surface area contributed by atoms with Crippen molar-refractivity contribution >= 4 is 27.8 Å². The second-order valence-electron chi connectivity index (χ2n) is 5.03. The van der Waals surface area contributed by atoms with E-state index in [1.54, 1.807) is 30.5 Å². The molecule has 0 saturated carbocycles. The lowest BCUT2D eigenvalue weighted by Gasteiger charge is -2.04. The summed E-state index contributed by atoms with van der Waals surface area (Å²) in [6, 6.07) is 11.3. The van der Waals surface area contributed by atoms with Gasteiger partial charge in [0.25, 0.3) is 10.0 Å². The number of hydrogen-bond acceptors (Lipinski definition) is 6. The highest BCUT2D eigenvalue weighted by Gasteiger charge is 2.15. The van der Waals surface area contributed by atoms with Crippen molar-refractivity contribution in [2.75, 3.05) is 6.79 Å². The fraction of sp³-hybridized carbons (Fsp3) is 0.125. The predicted molar refractivity (Wildman–Crippen MR) is 87.3 cm³/mol. The molecule has 0 bridgehead atoms. The molecule has 0 spiro atoms. The number of rotatable bonds is 4. The Morgan fingerprint density at radius 1 is 1.12 bits per heavy atom. The van der Waals surface area contributed by atoms with Gasteiger partial charge >= 0.3 is 0 Å². The van der Waals surface area contributed by atoms with Crippen molar-refractivity contribution in [3.05, 3.63) is 48.0 Å². The zero-order valence-electron chi connectivity index (χ0n) is 12.7. The van der Waals surface area contributed by atoms with Gasteiger partial charge < -0.3 is 9.47 Å². The van der Waals surface area contributed by atoms with E-state index < -0.39 is 15.9 Å². The first-order chi connectivity index (χ1) is 11.4. The highest BCUT2D eigenvalue weighted by Crippen LogP contribution is 2.32. The van der Waals surface area contributed by atoms with Crippen molar-refractivity contribution in [3.63, 3.8) is 0 Å². The van der Waals surface area contributed by atoms with Gasteiger partial charge in [-0.2, -0.15) is 0 Å². The van der Waals surface area contributed by atoms with E-state index >= 15 is 0 Å². The molecule has 1 amide bonds. The summed E-state index contributed by atoms with van der Waals surface area (Å²) >= 11 is 0. The highest BCUT2D eigenvalue weighted by molar-refractivity contribution is 7.90. The third-order valence-electron chi connectivity index (χ3n) is 3.18. The fourth-order valence-corrected chi connectivity index (χ4v) is 3.09. The first-order valence-electron chi connectivity index (χ1n) is 7.01. The zero-order chi connectivity index (χ0) is 17.2. The molecule has 124 valence electrons. The number of nitrogens with zero attached hydrogens (tertiary/aromatic N) is 1. The Balaban J connectivity index is 1.75. The predicted octanol–water partition coefficient (Wildman–Crippen LogP) is 1.99. The van der Waals surface area contributed by atoms with E-state index in [4.69, 9.17) is 9.47 Å². The zero-order valence-corrected chi connectivity index (χ0v) is 13.5. The summed E-state index contributed by atoms with van der Waals surface area (Å²) in [6.45, 7) is 1.35. The van der Waals surface area contributed by atoms with E-state index in [1.807, 2.05) is 10.8 Å². The van der Waals surface area contributed by atoms with Gasteiger partial charge in [-0.25, -0.2) is 13.1 Å². The van der Waals surface area contributed by atoms with Crippen LogP contribution < -0.4 is 14.2 Å². The van der Waals surface area contributed by atoms with Crippen LogP contribution in [0.1, 0.15) is 12.5 Å². The molecule has 0 unspecified atom stereocenters. The minimum atomic E-state index is -3.83. The maximum Gasteiger partial charge on any atom is 0.264 e. The molecular weight excluding hydrogens is 332 g/mol. The summed E-state index contributed by atoms with van der Waals surface area (Å²) in [6.07, 6.45) is 1.64. The van der Waals surface area contributed by atoms with Gasteiger partial charge in [0.1, 0.15) is 0 Å². The Bertz CT molecular complexity index is 905. The number of carbonyl (C=O) groups excluding carboxylic acids is 1. The molecule has 8 heteroatoms. The van der Waals surface area contributed by atoms with E-state index in [9.17, 15) is 13.2 Å². The van der Waals surface area contributed by atoms with E-state index in [0.717, 1.165) is 12.5 Å². The van der Waals surface area contributed by atoms with Crippen LogP contribution in [0.15, 0.2) is 52.4 Å². The summed E-state index contributed by atoms with van der Waals surface area (Å²) in [7, 11) is -3.83. The Morgan fingerprint density at radius 3 is 2.54 bits per heavy atom. The van der Waals surface area contributed by atoms with Crippen LogP contribution in [0.2, 0.25) is 0 Å². The Hall–Kier alpha value is -2.87. The van der Waals surface area contributed by atoms with Crippen LogP contribution in [-0.2, 0) is 14.8 Å². The van der Waals surface area contributed by atoms with Gasteiger partial charge in [-0.15, -0.1) is 0 Å². The average Bonchev–Trinajstić information content (AvgIpc) is 3.00. The third-order valence-corrected chi connectivity index (χ3v) is 4.63. The minimum Gasteiger partial charge on any atom is -0.454 e. The topological polar surface area (TPSA) is 94.1 Å².